The third kappa shape index (κ3) is 1.75. The summed E-state index contributed by atoms with van der Waals surface area (Å²) < 4.78 is 13.3. The number of nitrogens with zero attached hydrogens (tertiary/aromatic N) is 1. The summed E-state index contributed by atoms with van der Waals surface area (Å²) >= 11 is 0. The Morgan fingerprint density at radius 1 is 1.00 bits per heavy atom. The van der Waals surface area contributed by atoms with E-state index in [1.807, 2.05) is 31.2 Å². The second kappa shape index (κ2) is 3.81. The van der Waals surface area contributed by atoms with Crippen molar-refractivity contribution >= 4 is 0 Å². The standard InChI is InChI=1S/C13H12FN/c1-9-5-3-4-6-11(9)12-7-15-8-13(14)10(12)2/h3-8H,1-2H3. The van der Waals surface area contributed by atoms with Gasteiger partial charge in [-0.2, -0.15) is 0 Å². The predicted octanol–water partition coefficient (Wildman–Crippen LogP) is 3.50. The van der Waals surface area contributed by atoms with Crippen LogP contribution in [0.25, 0.3) is 11.1 Å². The minimum absolute atomic E-state index is 0.254. The van der Waals surface area contributed by atoms with Crippen molar-refractivity contribution in [2.24, 2.45) is 0 Å². The average Bonchev–Trinajstić information content (AvgIpc) is 2.23. The largest absolute Gasteiger partial charge is 0.261 e. The molecule has 2 aromatic rings. The summed E-state index contributed by atoms with van der Waals surface area (Å²) in [5.41, 5.74) is 3.70. The fourth-order valence-electron chi connectivity index (χ4n) is 1.65. The van der Waals surface area contributed by atoms with Crippen LogP contribution in [0.2, 0.25) is 0 Å². The van der Waals surface area contributed by atoms with Crippen LogP contribution in [0.1, 0.15) is 11.1 Å². The van der Waals surface area contributed by atoms with Crippen molar-refractivity contribution in [3.8, 4) is 11.1 Å². The maximum absolute atomic E-state index is 13.3. The summed E-state index contributed by atoms with van der Waals surface area (Å²) in [5, 5.41) is 0. The lowest BCUT2D eigenvalue weighted by atomic mass is 9.98. The molecular formula is C13H12FN. The summed E-state index contributed by atoms with van der Waals surface area (Å²) in [6.45, 7) is 3.79. The van der Waals surface area contributed by atoms with Gasteiger partial charge in [0.15, 0.2) is 0 Å². The fraction of sp³-hybridized carbons (Fsp3) is 0.154. The number of halogens is 1. The number of benzene rings is 1. The highest BCUT2D eigenvalue weighted by Crippen LogP contribution is 2.26. The van der Waals surface area contributed by atoms with E-state index in [0.717, 1.165) is 16.7 Å². The summed E-state index contributed by atoms with van der Waals surface area (Å²) in [6, 6.07) is 7.92. The Hall–Kier alpha value is -1.70. The van der Waals surface area contributed by atoms with Crippen LogP contribution in [-0.4, -0.2) is 4.98 Å². The predicted molar refractivity (Wildman–Crippen MR) is 59.1 cm³/mol. The number of aromatic nitrogens is 1. The minimum Gasteiger partial charge on any atom is -0.261 e. The zero-order chi connectivity index (χ0) is 10.8. The van der Waals surface area contributed by atoms with Gasteiger partial charge < -0.3 is 0 Å². The van der Waals surface area contributed by atoms with E-state index in [4.69, 9.17) is 0 Å². The first kappa shape index (κ1) is 9.84. The second-order valence-corrected chi connectivity index (χ2v) is 3.61. The lowest BCUT2D eigenvalue weighted by Crippen LogP contribution is -1.91. The Bertz CT molecular complexity index is 492. The van der Waals surface area contributed by atoms with Crippen molar-refractivity contribution in [2.45, 2.75) is 13.8 Å². The lowest BCUT2D eigenvalue weighted by Gasteiger charge is -2.08. The van der Waals surface area contributed by atoms with Crippen LogP contribution in [0.4, 0.5) is 4.39 Å². The number of hydrogen-bond acceptors (Lipinski definition) is 1. The van der Waals surface area contributed by atoms with Crippen LogP contribution < -0.4 is 0 Å². The van der Waals surface area contributed by atoms with Crippen molar-refractivity contribution in [2.75, 3.05) is 0 Å². The van der Waals surface area contributed by atoms with Gasteiger partial charge in [0.2, 0.25) is 0 Å². The van der Waals surface area contributed by atoms with Gasteiger partial charge in [-0.05, 0) is 30.5 Å². The SMILES string of the molecule is Cc1ccccc1-c1cncc(F)c1C. The summed E-state index contributed by atoms with van der Waals surface area (Å²) in [6.07, 6.45) is 2.96. The Balaban J connectivity index is 2.65. The van der Waals surface area contributed by atoms with Gasteiger partial charge >= 0.3 is 0 Å². The molecule has 0 saturated heterocycles. The number of hydrogen-bond donors (Lipinski definition) is 0. The van der Waals surface area contributed by atoms with Gasteiger partial charge in [0, 0.05) is 11.8 Å². The van der Waals surface area contributed by atoms with Crippen molar-refractivity contribution < 1.29 is 4.39 Å². The molecule has 15 heavy (non-hydrogen) atoms. The van der Waals surface area contributed by atoms with Crippen LogP contribution in [0.15, 0.2) is 36.7 Å². The highest BCUT2D eigenvalue weighted by Gasteiger charge is 2.07. The molecule has 0 spiro atoms. The molecule has 76 valence electrons. The molecule has 0 fully saturated rings. The maximum atomic E-state index is 13.3. The number of pyridine rings is 1. The van der Waals surface area contributed by atoms with Crippen molar-refractivity contribution in [1.82, 2.24) is 4.98 Å². The van der Waals surface area contributed by atoms with Gasteiger partial charge in [0.05, 0.1) is 6.20 Å². The van der Waals surface area contributed by atoms with Gasteiger partial charge in [-0.3, -0.25) is 4.98 Å². The molecule has 0 amide bonds. The molecule has 1 aromatic heterocycles. The molecule has 2 heteroatoms. The second-order valence-electron chi connectivity index (χ2n) is 3.61. The average molecular weight is 201 g/mol. The van der Waals surface area contributed by atoms with Gasteiger partial charge in [-0.15, -0.1) is 0 Å². The van der Waals surface area contributed by atoms with E-state index >= 15 is 0 Å². The molecule has 0 unspecified atom stereocenters. The van der Waals surface area contributed by atoms with Crippen LogP contribution in [0.5, 0.6) is 0 Å². The van der Waals surface area contributed by atoms with E-state index in [9.17, 15) is 4.39 Å². The molecule has 0 atom stereocenters. The topological polar surface area (TPSA) is 12.9 Å². The quantitative estimate of drug-likeness (QED) is 0.688. The Morgan fingerprint density at radius 2 is 1.73 bits per heavy atom. The highest BCUT2D eigenvalue weighted by atomic mass is 19.1. The normalized spacial score (nSPS) is 10.3. The summed E-state index contributed by atoms with van der Waals surface area (Å²) in [5.74, 6) is -0.254. The molecular weight excluding hydrogens is 189 g/mol. The molecule has 2 rings (SSSR count). The molecule has 0 aliphatic rings. The van der Waals surface area contributed by atoms with Gasteiger partial charge in [-0.25, -0.2) is 4.39 Å². The zero-order valence-electron chi connectivity index (χ0n) is 8.79. The van der Waals surface area contributed by atoms with Crippen LogP contribution in [-0.2, 0) is 0 Å². The third-order valence-corrected chi connectivity index (χ3v) is 2.59. The Labute approximate surface area is 88.6 Å². The molecule has 0 aliphatic carbocycles. The van der Waals surface area contributed by atoms with E-state index in [1.54, 1.807) is 13.1 Å². The molecule has 0 N–H and O–H groups in total. The first-order valence-corrected chi connectivity index (χ1v) is 4.86. The van der Waals surface area contributed by atoms with Gasteiger partial charge in [0.1, 0.15) is 5.82 Å². The van der Waals surface area contributed by atoms with E-state index in [2.05, 4.69) is 4.98 Å². The summed E-state index contributed by atoms with van der Waals surface area (Å²) in [4.78, 5) is 3.89. The monoisotopic (exact) mass is 201 g/mol. The molecule has 0 radical (unpaired) electrons. The first-order chi connectivity index (χ1) is 7.20. The van der Waals surface area contributed by atoms with Crippen LogP contribution in [0, 0.1) is 19.7 Å². The molecule has 1 aromatic carbocycles. The molecule has 1 nitrogen and oxygen atoms in total. The molecule has 0 saturated carbocycles. The highest BCUT2D eigenvalue weighted by molar-refractivity contribution is 5.69. The van der Waals surface area contributed by atoms with Crippen LogP contribution >= 0.6 is 0 Å². The third-order valence-electron chi connectivity index (χ3n) is 2.59. The lowest BCUT2D eigenvalue weighted by molar-refractivity contribution is 0.613. The molecule has 0 aliphatic heterocycles. The number of aryl methyl sites for hydroxylation is 1. The molecule has 0 bridgehead atoms. The number of rotatable bonds is 1. The van der Waals surface area contributed by atoms with Crippen molar-refractivity contribution in [3.05, 3.63) is 53.6 Å². The van der Waals surface area contributed by atoms with E-state index in [1.165, 1.54) is 6.20 Å². The maximum Gasteiger partial charge on any atom is 0.145 e. The first-order valence-electron chi connectivity index (χ1n) is 4.86. The van der Waals surface area contributed by atoms with Gasteiger partial charge in [0.25, 0.3) is 0 Å². The molecule has 1 heterocycles. The van der Waals surface area contributed by atoms with Gasteiger partial charge in [-0.1, -0.05) is 24.3 Å². The van der Waals surface area contributed by atoms with Crippen LogP contribution in [0.3, 0.4) is 0 Å². The smallest absolute Gasteiger partial charge is 0.145 e. The van der Waals surface area contributed by atoms with E-state index in [0.29, 0.717) is 5.56 Å². The van der Waals surface area contributed by atoms with E-state index < -0.39 is 0 Å². The zero-order valence-corrected chi connectivity index (χ0v) is 8.79. The van der Waals surface area contributed by atoms with Crippen molar-refractivity contribution in [3.63, 3.8) is 0 Å². The Kier molecular flexibility index (Phi) is 2.50. The van der Waals surface area contributed by atoms with Crippen molar-refractivity contribution in [1.29, 1.82) is 0 Å². The minimum atomic E-state index is -0.254. The summed E-state index contributed by atoms with van der Waals surface area (Å²) in [7, 11) is 0. The Morgan fingerprint density at radius 3 is 2.47 bits per heavy atom. The van der Waals surface area contributed by atoms with E-state index in [-0.39, 0.29) is 5.82 Å². The fourth-order valence-corrected chi connectivity index (χ4v) is 1.65.